The predicted molar refractivity (Wildman–Crippen MR) is 86.4 cm³/mol. The van der Waals surface area contributed by atoms with Crippen molar-refractivity contribution in [3.05, 3.63) is 57.0 Å². The van der Waals surface area contributed by atoms with E-state index in [0.717, 1.165) is 11.3 Å². The number of hydrogen-bond acceptors (Lipinski definition) is 2. The molecule has 0 bridgehead atoms. The maximum absolute atomic E-state index is 6.15. The molecule has 0 spiro atoms. The first-order valence-electron chi connectivity index (χ1n) is 6.20. The fourth-order valence-electron chi connectivity index (χ4n) is 1.76. The third-order valence-corrected chi connectivity index (χ3v) is 3.55. The quantitative estimate of drug-likeness (QED) is 0.764. The fraction of sp³-hybridized carbons (Fsp3) is 0.200. The van der Waals surface area contributed by atoms with Gasteiger partial charge in [-0.1, -0.05) is 40.9 Å². The molecule has 0 aliphatic rings. The van der Waals surface area contributed by atoms with Crippen molar-refractivity contribution in [2.75, 3.05) is 11.9 Å². The Morgan fingerprint density at radius 1 is 1.00 bits per heavy atom. The van der Waals surface area contributed by atoms with Gasteiger partial charge in [-0.15, -0.1) is 0 Å². The molecule has 0 aliphatic heterocycles. The van der Waals surface area contributed by atoms with Crippen molar-refractivity contribution in [3.8, 4) is 5.75 Å². The Hall–Kier alpha value is -1.09. The summed E-state index contributed by atoms with van der Waals surface area (Å²) >= 11 is 18.1. The summed E-state index contributed by atoms with van der Waals surface area (Å²) in [5.74, 6) is 0.697. The van der Waals surface area contributed by atoms with Crippen LogP contribution in [-0.2, 0) is 6.54 Å². The standard InChI is InChI=1S/C15H14Cl3NO/c1-2-20-15-6-3-10(7-13(15)18)9-19-14-5-4-11(16)8-12(14)17/h3-8,19H,2,9H2,1H3. The van der Waals surface area contributed by atoms with Gasteiger partial charge in [0.25, 0.3) is 0 Å². The van der Waals surface area contributed by atoms with Gasteiger partial charge in [0.15, 0.2) is 0 Å². The maximum Gasteiger partial charge on any atom is 0.137 e. The Morgan fingerprint density at radius 3 is 2.45 bits per heavy atom. The Balaban J connectivity index is 2.05. The molecule has 0 aliphatic carbocycles. The predicted octanol–water partition coefficient (Wildman–Crippen LogP) is 5.66. The van der Waals surface area contributed by atoms with Crippen LogP contribution in [0.1, 0.15) is 12.5 Å². The Labute approximate surface area is 133 Å². The summed E-state index contributed by atoms with van der Waals surface area (Å²) < 4.78 is 5.40. The van der Waals surface area contributed by atoms with Gasteiger partial charge in [-0.25, -0.2) is 0 Å². The van der Waals surface area contributed by atoms with Crippen LogP contribution in [0, 0.1) is 0 Å². The van der Waals surface area contributed by atoms with E-state index in [1.807, 2.05) is 31.2 Å². The Morgan fingerprint density at radius 2 is 1.80 bits per heavy atom. The molecule has 20 heavy (non-hydrogen) atoms. The first kappa shape index (κ1) is 15.3. The number of benzene rings is 2. The molecule has 0 fully saturated rings. The van der Waals surface area contributed by atoms with E-state index < -0.39 is 0 Å². The van der Waals surface area contributed by atoms with Crippen molar-refractivity contribution in [3.63, 3.8) is 0 Å². The molecule has 2 aromatic rings. The number of nitrogens with one attached hydrogen (secondary N) is 1. The van der Waals surface area contributed by atoms with Gasteiger partial charge in [0.1, 0.15) is 5.75 Å². The van der Waals surface area contributed by atoms with Gasteiger partial charge < -0.3 is 10.1 Å². The summed E-state index contributed by atoms with van der Waals surface area (Å²) in [7, 11) is 0. The van der Waals surface area contributed by atoms with Crippen LogP contribution in [0.25, 0.3) is 0 Å². The van der Waals surface area contributed by atoms with Gasteiger partial charge in [-0.05, 0) is 42.8 Å². The molecule has 0 amide bonds. The molecule has 0 saturated carbocycles. The molecule has 2 aromatic carbocycles. The molecule has 2 rings (SSSR count). The average molecular weight is 331 g/mol. The highest BCUT2D eigenvalue weighted by Crippen LogP contribution is 2.28. The van der Waals surface area contributed by atoms with Crippen LogP contribution in [0.4, 0.5) is 5.69 Å². The third kappa shape index (κ3) is 3.95. The van der Waals surface area contributed by atoms with Gasteiger partial charge in [-0.2, -0.15) is 0 Å². The van der Waals surface area contributed by atoms with Gasteiger partial charge in [-0.3, -0.25) is 0 Å². The molecule has 5 heteroatoms. The third-order valence-electron chi connectivity index (χ3n) is 2.71. The zero-order valence-electron chi connectivity index (χ0n) is 10.9. The lowest BCUT2D eigenvalue weighted by atomic mass is 10.2. The highest BCUT2D eigenvalue weighted by molar-refractivity contribution is 6.36. The van der Waals surface area contributed by atoms with E-state index in [9.17, 15) is 0 Å². The lowest BCUT2D eigenvalue weighted by Gasteiger charge is -2.11. The lowest BCUT2D eigenvalue weighted by Crippen LogP contribution is -2.00. The van der Waals surface area contributed by atoms with Crippen LogP contribution in [0.3, 0.4) is 0 Å². The molecule has 0 radical (unpaired) electrons. The number of ether oxygens (including phenoxy) is 1. The van der Waals surface area contributed by atoms with E-state index in [1.165, 1.54) is 0 Å². The van der Waals surface area contributed by atoms with E-state index in [4.69, 9.17) is 39.5 Å². The van der Waals surface area contributed by atoms with Crippen LogP contribution >= 0.6 is 34.8 Å². The number of anilines is 1. The highest BCUT2D eigenvalue weighted by atomic mass is 35.5. The Bertz CT molecular complexity index is 602. The molecule has 0 aromatic heterocycles. The minimum Gasteiger partial charge on any atom is -0.492 e. The first-order valence-corrected chi connectivity index (χ1v) is 7.33. The van der Waals surface area contributed by atoms with Gasteiger partial charge in [0, 0.05) is 11.6 Å². The molecular formula is C15H14Cl3NO. The minimum atomic E-state index is 0.592. The van der Waals surface area contributed by atoms with Crippen LogP contribution < -0.4 is 10.1 Å². The van der Waals surface area contributed by atoms with Gasteiger partial charge >= 0.3 is 0 Å². The van der Waals surface area contributed by atoms with Crippen molar-refractivity contribution in [2.24, 2.45) is 0 Å². The van der Waals surface area contributed by atoms with Gasteiger partial charge in [0.05, 0.1) is 22.3 Å². The SMILES string of the molecule is CCOc1ccc(CNc2ccc(Cl)cc2Cl)cc1Cl. The molecule has 0 heterocycles. The molecule has 0 atom stereocenters. The molecule has 106 valence electrons. The van der Waals surface area contributed by atoms with Crippen LogP contribution in [0.15, 0.2) is 36.4 Å². The molecule has 1 N–H and O–H groups in total. The summed E-state index contributed by atoms with van der Waals surface area (Å²) in [5.41, 5.74) is 1.88. The second-order valence-electron chi connectivity index (χ2n) is 4.18. The molecule has 0 unspecified atom stereocenters. The second-order valence-corrected chi connectivity index (χ2v) is 5.43. The number of halogens is 3. The van der Waals surface area contributed by atoms with Crippen molar-refractivity contribution in [1.82, 2.24) is 0 Å². The van der Waals surface area contributed by atoms with E-state index in [0.29, 0.717) is 34.0 Å². The summed E-state index contributed by atoms with van der Waals surface area (Å²) in [6, 6.07) is 11.1. The van der Waals surface area contributed by atoms with Crippen molar-refractivity contribution in [1.29, 1.82) is 0 Å². The molecule has 0 saturated heterocycles. The maximum atomic E-state index is 6.15. The monoisotopic (exact) mass is 329 g/mol. The fourth-order valence-corrected chi connectivity index (χ4v) is 2.49. The minimum absolute atomic E-state index is 0.592. The largest absolute Gasteiger partial charge is 0.492 e. The van der Waals surface area contributed by atoms with Gasteiger partial charge in [0.2, 0.25) is 0 Å². The number of hydrogen-bond donors (Lipinski definition) is 1. The number of rotatable bonds is 5. The second kappa shape index (κ2) is 7.07. The molecular weight excluding hydrogens is 317 g/mol. The van der Waals surface area contributed by atoms with E-state index in [-0.39, 0.29) is 0 Å². The summed E-state index contributed by atoms with van der Waals surface area (Å²) in [6.45, 7) is 3.14. The topological polar surface area (TPSA) is 21.3 Å². The summed E-state index contributed by atoms with van der Waals surface area (Å²) in [6.07, 6.45) is 0. The first-order chi connectivity index (χ1) is 9.60. The van der Waals surface area contributed by atoms with E-state index in [2.05, 4.69) is 5.32 Å². The lowest BCUT2D eigenvalue weighted by molar-refractivity contribution is 0.340. The van der Waals surface area contributed by atoms with Crippen molar-refractivity contribution >= 4 is 40.5 Å². The zero-order valence-corrected chi connectivity index (χ0v) is 13.2. The molecule has 2 nitrogen and oxygen atoms in total. The van der Waals surface area contributed by atoms with E-state index >= 15 is 0 Å². The Kier molecular flexibility index (Phi) is 5.41. The highest BCUT2D eigenvalue weighted by Gasteiger charge is 2.04. The summed E-state index contributed by atoms with van der Waals surface area (Å²) in [5, 5.41) is 5.06. The summed E-state index contributed by atoms with van der Waals surface area (Å²) in [4.78, 5) is 0. The smallest absolute Gasteiger partial charge is 0.137 e. The van der Waals surface area contributed by atoms with Crippen LogP contribution in [0.5, 0.6) is 5.75 Å². The normalized spacial score (nSPS) is 10.4. The van der Waals surface area contributed by atoms with Crippen molar-refractivity contribution < 1.29 is 4.74 Å². The van der Waals surface area contributed by atoms with Crippen molar-refractivity contribution in [2.45, 2.75) is 13.5 Å². The van der Waals surface area contributed by atoms with E-state index in [1.54, 1.807) is 12.1 Å². The van der Waals surface area contributed by atoms with Crippen LogP contribution in [-0.4, -0.2) is 6.61 Å². The zero-order chi connectivity index (χ0) is 14.5. The van der Waals surface area contributed by atoms with Crippen LogP contribution in [0.2, 0.25) is 15.1 Å². The average Bonchev–Trinajstić information content (AvgIpc) is 2.41.